The fourth-order valence-corrected chi connectivity index (χ4v) is 2.78. The fourth-order valence-electron chi connectivity index (χ4n) is 2.78. The Balaban J connectivity index is 1.93. The van der Waals surface area contributed by atoms with Gasteiger partial charge in [0.25, 0.3) is 0 Å². The van der Waals surface area contributed by atoms with Gasteiger partial charge < -0.3 is 10.4 Å². The van der Waals surface area contributed by atoms with Crippen LogP contribution in [0, 0.1) is 18.6 Å². The molecule has 0 aliphatic rings. The standard InChI is InChI=1S/C19H15F2N5O/c1-10-7-16(26-25-10)22-18-12-3-2-4-15(21)17(12)23-19(24-18)13-8-11(9-27)5-6-14(13)20/h2-8,27H,9H2,1H3,(H2,22,23,24,25,26). The van der Waals surface area contributed by atoms with Crippen molar-refractivity contribution >= 4 is 22.5 Å². The zero-order valence-corrected chi connectivity index (χ0v) is 14.3. The van der Waals surface area contributed by atoms with Gasteiger partial charge >= 0.3 is 0 Å². The summed E-state index contributed by atoms with van der Waals surface area (Å²) in [6.07, 6.45) is 0. The summed E-state index contributed by atoms with van der Waals surface area (Å²) in [6.45, 7) is 1.59. The number of nitrogens with one attached hydrogen (secondary N) is 2. The third-order valence-corrected chi connectivity index (χ3v) is 4.08. The molecule has 2 heterocycles. The molecule has 0 aliphatic heterocycles. The van der Waals surface area contributed by atoms with E-state index in [0.29, 0.717) is 22.6 Å². The average Bonchev–Trinajstić information content (AvgIpc) is 3.07. The van der Waals surface area contributed by atoms with Gasteiger partial charge in [-0.3, -0.25) is 5.10 Å². The molecule has 0 aliphatic carbocycles. The number of rotatable bonds is 4. The van der Waals surface area contributed by atoms with E-state index in [0.717, 1.165) is 5.69 Å². The maximum Gasteiger partial charge on any atom is 0.165 e. The molecule has 6 nitrogen and oxygen atoms in total. The van der Waals surface area contributed by atoms with Crippen molar-refractivity contribution in [2.75, 3.05) is 5.32 Å². The predicted molar refractivity (Wildman–Crippen MR) is 97.4 cm³/mol. The summed E-state index contributed by atoms with van der Waals surface area (Å²) < 4.78 is 28.7. The Morgan fingerprint density at radius 1 is 1.07 bits per heavy atom. The molecule has 0 spiro atoms. The topological polar surface area (TPSA) is 86.7 Å². The van der Waals surface area contributed by atoms with E-state index in [2.05, 4.69) is 25.5 Å². The van der Waals surface area contributed by atoms with E-state index in [1.165, 1.54) is 24.3 Å². The van der Waals surface area contributed by atoms with Crippen LogP contribution in [0.25, 0.3) is 22.3 Å². The molecule has 0 unspecified atom stereocenters. The first kappa shape index (κ1) is 17.0. The molecule has 2 aromatic heterocycles. The summed E-state index contributed by atoms with van der Waals surface area (Å²) in [7, 11) is 0. The minimum Gasteiger partial charge on any atom is -0.392 e. The van der Waals surface area contributed by atoms with Gasteiger partial charge in [0.1, 0.15) is 23.0 Å². The number of benzene rings is 2. The minimum absolute atomic E-state index is 0.00941. The number of aliphatic hydroxyl groups is 1. The number of hydrogen-bond acceptors (Lipinski definition) is 5. The van der Waals surface area contributed by atoms with E-state index in [1.54, 1.807) is 18.2 Å². The summed E-state index contributed by atoms with van der Waals surface area (Å²) in [5.41, 5.74) is 1.48. The van der Waals surface area contributed by atoms with Gasteiger partial charge in [-0.25, -0.2) is 18.7 Å². The Kier molecular flexibility index (Phi) is 4.25. The van der Waals surface area contributed by atoms with Crippen molar-refractivity contribution < 1.29 is 13.9 Å². The van der Waals surface area contributed by atoms with Crippen LogP contribution in [0.1, 0.15) is 11.3 Å². The van der Waals surface area contributed by atoms with Crippen molar-refractivity contribution in [3.05, 3.63) is 65.4 Å². The number of aromatic amines is 1. The Labute approximate surface area is 152 Å². The molecule has 0 fully saturated rings. The first-order chi connectivity index (χ1) is 13.0. The number of para-hydroxylation sites is 1. The predicted octanol–water partition coefficient (Wildman–Crippen LogP) is 3.84. The monoisotopic (exact) mass is 367 g/mol. The molecule has 0 saturated heterocycles. The molecule has 0 bridgehead atoms. The maximum atomic E-state index is 14.4. The minimum atomic E-state index is -0.565. The second-order valence-electron chi connectivity index (χ2n) is 6.07. The van der Waals surface area contributed by atoms with Gasteiger partial charge in [-0.2, -0.15) is 5.10 Å². The molecular formula is C19H15F2N5O. The molecule has 4 rings (SSSR count). The second-order valence-corrected chi connectivity index (χ2v) is 6.07. The van der Waals surface area contributed by atoms with Crippen molar-refractivity contribution in [2.24, 2.45) is 0 Å². The quantitative estimate of drug-likeness (QED) is 0.510. The Bertz CT molecular complexity index is 1140. The van der Waals surface area contributed by atoms with Crippen LogP contribution in [-0.2, 0) is 6.61 Å². The van der Waals surface area contributed by atoms with E-state index in [1.807, 2.05) is 6.92 Å². The lowest BCUT2D eigenvalue weighted by Crippen LogP contribution is -2.02. The van der Waals surface area contributed by atoms with Crippen LogP contribution in [-0.4, -0.2) is 25.3 Å². The maximum absolute atomic E-state index is 14.4. The number of aryl methyl sites for hydroxylation is 1. The zero-order valence-electron chi connectivity index (χ0n) is 14.3. The molecule has 2 aromatic carbocycles. The highest BCUT2D eigenvalue weighted by Crippen LogP contribution is 2.30. The van der Waals surface area contributed by atoms with Crippen molar-refractivity contribution in [2.45, 2.75) is 13.5 Å². The number of anilines is 2. The molecule has 4 aromatic rings. The van der Waals surface area contributed by atoms with Crippen molar-refractivity contribution in [1.29, 1.82) is 0 Å². The number of hydrogen-bond donors (Lipinski definition) is 3. The van der Waals surface area contributed by atoms with E-state index in [4.69, 9.17) is 0 Å². The highest BCUT2D eigenvalue weighted by atomic mass is 19.1. The molecule has 0 radical (unpaired) electrons. The molecule has 136 valence electrons. The number of H-pyrrole nitrogens is 1. The van der Waals surface area contributed by atoms with Crippen LogP contribution in [0.15, 0.2) is 42.5 Å². The molecular weight excluding hydrogens is 352 g/mol. The molecule has 3 N–H and O–H groups in total. The van der Waals surface area contributed by atoms with Gasteiger partial charge in [-0.05, 0) is 36.8 Å². The lowest BCUT2D eigenvalue weighted by atomic mass is 10.1. The number of fused-ring (bicyclic) bond motifs is 1. The first-order valence-electron chi connectivity index (χ1n) is 8.20. The number of aromatic nitrogens is 4. The summed E-state index contributed by atoms with van der Waals surface area (Å²) >= 11 is 0. The van der Waals surface area contributed by atoms with Crippen LogP contribution in [0.4, 0.5) is 20.4 Å². The van der Waals surface area contributed by atoms with Gasteiger partial charge in [0.05, 0.1) is 12.2 Å². The first-order valence-corrected chi connectivity index (χ1v) is 8.20. The summed E-state index contributed by atoms with van der Waals surface area (Å²) in [5.74, 6) is -0.308. The summed E-state index contributed by atoms with van der Waals surface area (Å²) in [6, 6.07) is 10.4. The van der Waals surface area contributed by atoms with Crippen LogP contribution in [0.3, 0.4) is 0 Å². The highest BCUT2D eigenvalue weighted by molar-refractivity contribution is 5.92. The molecule has 27 heavy (non-hydrogen) atoms. The van der Waals surface area contributed by atoms with Crippen molar-refractivity contribution in [1.82, 2.24) is 20.2 Å². The van der Waals surface area contributed by atoms with Gasteiger partial charge in [-0.1, -0.05) is 12.1 Å². The van der Waals surface area contributed by atoms with Crippen LogP contribution >= 0.6 is 0 Å². The van der Waals surface area contributed by atoms with Gasteiger partial charge in [0, 0.05) is 17.1 Å². The molecule has 8 heteroatoms. The number of aliphatic hydroxyl groups excluding tert-OH is 1. The summed E-state index contributed by atoms with van der Waals surface area (Å²) in [4.78, 5) is 8.60. The van der Waals surface area contributed by atoms with Gasteiger partial charge in [-0.15, -0.1) is 0 Å². The van der Waals surface area contributed by atoms with E-state index < -0.39 is 11.6 Å². The lowest BCUT2D eigenvalue weighted by molar-refractivity contribution is 0.282. The Morgan fingerprint density at radius 3 is 2.67 bits per heavy atom. The zero-order chi connectivity index (χ0) is 19.0. The highest BCUT2D eigenvalue weighted by Gasteiger charge is 2.16. The SMILES string of the molecule is Cc1cc(Nc2nc(-c3cc(CO)ccc3F)nc3c(F)cccc23)n[nH]1. The van der Waals surface area contributed by atoms with Crippen molar-refractivity contribution in [3.8, 4) is 11.4 Å². The fraction of sp³-hybridized carbons (Fsp3) is 0.105. The number of nitrogens with zero attached hydrogens (tertiary/aromatic N) is 3. The normalized spacial score (nSPS) is 11.1. The van der Waals surface area contributed by atoms with Gasteiger partial charge in [0.2, 0.25) is 0 Å². The van der Waals surface area contributed by atoms with Crippen LogP contribution < -0.4 is 5.32 Å². The van der Waals surface area contributed by atoms with Crippen LogP contribution in [0.2, 0.25) is 0 Å². The third-order valence-electron chi connectivity index (χ3n) is 4.08. The largest absolute Gasteiger partial charge is 0.392 e. The molecule has 0 saturated carbocycles. The Hall–Kier alpha value is -3.39. The van der Waals surface area contributed by atoms with E-state index >= 15 is 0 Å². The molecule has 0 amide bonds. The lowest BCUT2D eigenvalue weighted by Gasteiger charge is -2.11. The summed E-state index contributed by atoms with van der Waals surface area (Å²) in [5, 5.41) is 19.7. The third kappa shape index (κ3) is 3.22. The Morgan fingerprint density at radius 2 is 1.93 bits per heavy atom. The average molecular weight is 367 g/mol. The second kappa shape index (κ2) is 6.73. The number of halogens is 2. The van der Waals surface area contributed by atoms with Crippen molar-refractivity contribution in [3.63, 3.8) is 0 Å². The smallest absolute Gasteiger partial charge is 0.165 e. The van der Waals surface area contributed by atoms with E-state index in [9.17, 15) is 13.9 Å². The van der Waals surface area contributed by atoms with E-state index in [-0.39, 0.29) is 23.5 Å². The van der Waals surface area contributed by atoms with Crippen LogP contribution in [0.5, 0.6) is 0 Å². The van der Waals surface area contributed by atoms with Gasteiger partial charge in [0.15, 0.2) is 11.6 Å². The molecule has 0 atom stereocenters.